The summed E-state index contributed by atoms with van der Waals surface area (Å²) in [5.41, 5.74) is 0. The first kappa shape index (κ1) is 16.3. The van der Waals surface area contributed by atoms with E-state index in [-0.39, 0.29) is 16.8 Å². The molecule has 0 amide bonds. The Bertz CT molecular complexity index is 412. The molecule has 0 unspecified atom stereocenters. The molecule has 0 radical (unpaired) electrons. The molecule has 0 atom stereocenters. The lowest BCUT2D eigenvalue weighted by Gasteiger charge is -2.03. The van der Waals surface area contributed by atoms with Gasteiger partial charge in [0.15, 0.2) is 0 Å². The first-order chi connectivity index (χ1) is 9.13. The monoisotopic (exact) mass is 304 g/mol. The molecule has 0 saturated carbocycles. The predicted octanol–water partition coefficient (Wildman–Crippen LogP) is 4.69. The Morgan fingerprint density at radius 2 is 2.16 bits per heavy atom. The van der Waals surface area contributed by atoms with E-state index < -0.39 is 0 Å². The minimum atomic E-state index is -0.388. The molecule has 5 heteroatoms. The smallest absolute Gasteiger partial charge is 0.305 e. The van der Waals surface area contributed by atoms with E-state index in [1.165, 1.54) is 6.07 Å². The van der Waals surface area contributed by atoms with Crippen LogP contribution in [-0.2, 0) is 9.53 Å². The van der Waals surface area contributed by atoms with Crippen LogP contribution < -0.4 is 0 Å². The standard InChI is InChI=1S/C14H18ClFO2S/c1-2-18-14(17)6-4-3-5-9-19-11-7-8-13(16)12(15)10-11/h7-8,10H,2-6,9H2,1H3. The van der Waals surface area contributed by atoms with E-state index in [4.69, 9.17) is 16.3 Å². The number of halogens is 2. The van der Waals surface area contributed by atoms with E-state index in [0.29, 0.717) is 13.0 Å². The molecule has 106 valence electrons. The van der Waals surface area contributed by atoms with Crippen molar-refractivity contribution in [2.75, 3.05) is 12.4 Å². The zero-order chi connectivity index (χ0) is 14.1. The predicted molar refractivity (Wildman–Crippen MR) is 77.2 cm³/mol. The van der Waals surface area contributed by atoms with Crippen LogP contribution in [0.25, 0.3) is 0 Å². The highest BCUT2D eigenvalue weighted by Crippen LogP contribution is 2.25. The number of hydrogen-bond acceptors (Lipinski definition) is 3. The second-order valence-corrected chi connectivity index (χ2v) is 5.62. The van der Waals surface area contributed by atoms with Gasteiger partial charge in [0.1, 0.15) is 5.82 Å². The van der Waals surface area contributed by atoms with Crippen LogP contribution in [0.15, 0.2) is 23.1 Å². The second kappa shape index (κ2) is 9.21. The summed E-state index contributed by atoms with van der Waals surface area (Å²) in [5.74, 6) is 0.422. The van der Waals surface area contributed by atoms with Gasteiger partial charge >= 0.3 is 5.97 Å². The van der Waals surface area contributed by atoms with Crippen molar-refractivity contribution in [3.8, 4) is 0 Å². The van der Waals surface area contributed by atoms with E-state index in [9.17, 15) is 9.18 Å². The number of carbonyl (C=O) groups excluding carboxylic acids is 1. The summed E-state index contributed by atoms with van der Waals surface area (Å²) in [6.45, 7) is 2.25. The number of hydrogen-bond donors (Lipinski definition) is 0. The molecule has 0 aliphatic rings. The lowest BCUT2D eigenvalue weighted by atomic mass is 10.2. The van der Waals surface area contributed by atoms with Gasteiger partial charge in [0, 0.05) is 11.3 Å². The summed E-state index contributed by atoms with van der Waals surface area (Å²) in [5, 5.41) is 0.160. The third kappa shape index (κ3) is 6.83. The number of thioether (sulfide) groups is 1. The fourth-order valence-electron chi connectivity index (χ4n) is 1.54. The highest BCUT2D eigenvalue weighted by molar-refractivity contribution is 7.99. The first-order valence-corrected chi connectivity index (χ1v) is 7.73. The zero-order valence-electron chi connectivity index (χ0n) is 11.0. The Morgan fingerprint density at radius 3 is 2.84 bits per heavy atom. The molecule has 2 nitrogen and oxygen atoms in total. The molecular weight excluding hydrogens is 287 g/mol. The Hall–Kier alpha value is -0.740. The molecule has 0 saturated heterocycles. The SMILES string of the molecule is CCOC(=O)CCCCCSc1ccc(F)c(Cl)c1. The third-order valence-electron chi connectivity index (χ3n) is 2.49. The van der Waals surface area contributed by atoms with Crippen LogP contribution in [0.2, 0.25) is 5.02 Å². The summed E-state index contributed by atoms with van der Waals surface area (Å²) in [7, 11) is 0. The first-order valence-electron chi connectivity index (χ1n) is 6.37. The quantitative estimate of drug-likeness (QED) is 0.396. The second-order valence-electron chi connectivity index (χ2n) is 4.04. The van der Waals surface area contributed by atoms with Crippen molar-refractivity contribution in [1.29, 1.82) is 0 Å². The molecule has 0 N–H and O–H groups in total. The van der Waals surface area contributed by atoms with Crippen molar-refractivity contribution in [3.05, 3.63) is 29.0 Å². The highest BCUT2D eigenvalue weighted by Gasteiger charge is 2.03. The van der Waals surface area contributed by atoms with Crippen molar-refractivity contribution >= 4 is 29.3 Å². The van der Waals surface area contributed by atoms with Crippen LogP contribution in [0.5, 0.6) is 0 Å². The maximum absolute atomic E-state index is 12.9. The number of unbranched alkanes of at least 4 members (excludes halogenated alkanes) is 2. The minimum absolute atomic E-state index is 0.125. The minimum Gasteiger partial charge on any atom is -0.466 e. The fourth-order valence-corrected chi connectivity index (χ4v) is 2.73. The van der Waals surface area contributed by atoms with Gasteiger partial charge in [-0.25, -0.2) is 4.39 Å². The number of carbonyl (C=O) groups is 1. The molecule has 0 bridgehead atoms. The number of ether oxygens (including phenoxy) is 1. The summed E-state index contributed by atoms with van der Waals surface area (Å²) >= 11 is 7.35. The van der Waals surface area contributed by atoms with Gasteiger partial charge in [0.25, 0.3) is 0 Å². The zero-order valence-corrected chi connectivity index (χ0v) is 12.5. The maximum atomic E-state index is 12.9. The Kier molecular flexibility index (Phi) is 7.91. The third-order valence-corrected chi connectivity index (χ3v) is 3.86. The number of esters is 1. The van der Waals surface area contributed by atoms with E-state index in [2.05, 4.69) is 0 Å². The lowest BCUT2D eigenvalue weighted by Crippen LogP contribution is -2.03. The molecule has 19 heavy (non-hydrogen) atoms. The molecule has 0 aromatic heterocycles. The molecule has 0 spiro atoms. The maximum Gasteiger partial charge on any atom is 0.305 e. The van der Waals surface area contributed by atoms with Crippen LogP contribution in [0.4, 0.5) is 4.39 Å². The van der Waals surface area contributed by atoms with Gasteiger partial charge in [-0.15, -0.1) is 11.8 Å². The topological polar surface area (TPSA) is 26.3 Å². The van der Waals surface area contributed by atoms with Crippen LogP contribution in [0.3, 0.4) is 0 Å². The average molecular weight is 305 g/mol. The molecular formula is C14H18ClFO2S. The number of benzene rings is 1. The van der Waals surface area contributed by atoms with Crippen molar-refractivity contribution in [3.63, 3.8) is 0 Å². The van der Waals surface area contributed by atoms with E-state index in [1.54, 1.807) is 23.9 Å². The summed E-state index contributed by atoms with van der Waals surface area (Å²) in [6.07, 6.45) is 3.34. The Labute approximate surface area is 122 Å². The van der Waals surface area contributed by atoms with Gasteiger partial charge < -0.3 is 4.74 Å². The van der Waals surface area contributed by atoms with Crippen molar-refractivity contribution in [2.45, 2.75) is 37.5 Å². The van der Waals surface area contributed by atoms with Crippen LogP contribution in [-0.4, -0.2) is 18.3 Å². The van der Waals surface area contributed by atoms with Gasteiger partial charge in [-0.05, 0) is 43.7 Å². The van der Waals surface area contributed by atoms with Crippen molar-refractivity contribution in [2.24, 2.45) is 0 Å². The summed E-state index contributed by atoms with van der Waals surface area (Å²) in [6, 6.07) is 4.75. The molecule has 0 heterocycles. The van der Waals surface area contributed by atoms with Crippen molar-refractivity contribution < 1.29 is 13.9 Å². The van der Waals surface area contributed by atoms with Crippen LogP contribution >= 0.6 is 23.4 Å². The lowest BCUT2D eigenvalue weighted by molar-refractivity contribution is -0.143. The molecule has 1 aromatic carbocycles. The molecule has 0 fully saturated rings. The molecule has 1 rings (SSSR count). The van der Waals surface area contributed by atoms with Crippen molar-refractivity contribution in [1.82, 2.24) is 0 Å². The average Bonchev–Trinajstić information content (AvgIpc) is 2.38. The largest absolute Gasteiger partial charge is 0.466 e. The normalized spacial score (nSPS) is 10.5. The van der Waals surface area contributed by atoms with E-state index >= 15 is 0 Å². The van der Waals surface area contributed by atoms with E-state index in [0.717, 1.165) is 29.9 Å². The van der Waals surface area contributed by atoms with Gasteiger partial charge in [-0.1, -0.05) is 18.0 Å². The van der Waals surface area contributed by atoms with Crippen LogP contribution in [0.1, 0.15) is 32.6 Å². The van der Waals surface area contributed by atoms with Gasteiger partial charge in [-0.2, -0.15) is 0 Å². The van der Waals surface area contributed by atoms with E-state index in [1.807, 2.05) is 6.92 Å². The summed E-state index contributed by atoms with van der Waals surface area (Å²) < 4.78 is 17.8. The molecule has 0 aliphatic carbocycles. The Morgan fingerprint density at radius 1 is 1.37 bits per heavy atom. The molecule has 0 aliphatic heterocycles. The summed E-state index contributed by atoms with van der Waals surface area (Å²) in [4.78, 5) is 12.1. The Balaban J connectivity index is 2.10. The highest BCUT2D eigenvalue weighted by atomic mass is 35.5. The van der Waals surface area contributed by atoms with Gasteiger partial charge in [0.2, 0.25) is 0 Å². The number of rotatable bonds is 8. The van der Waals surface area contributed by atoms with Gasteiger partial charge in [0.05, 0.1) is 11.6 Å². The van der Waals surface area contributed by atoms with Gasteiger partial charge in [-0.3, -0.25) is 4.79 Å². The van der Waals surface area contributed by atoms with Crippen LogP contribution in [0, 0.1) is 5.82 Å². The molecule has 1 aromatic rings. The fraction of sp³-hybridized carbons (Fsp3) is 0.500.